The maximum atomic E-state index is 10.7. The van der Waals surface area contributed by atoms with Crippen LogP contribution in [0.4, 0.5) is 17.3 Å². The predicted molar refractivity (Wildman–Crippen MR) is 72.0 cm³/mol. The van der Waals surface area contributed by atoms with Crippen LogP contribution in [-0.4, -0.2) is 34.2 Å². The average Bonchev–Trinajstić information content (AvgIpc) is 2.89. The van der Waals surface area contributed by atoms with Crippen LogP contribution in [0.2, 0.25) is 0 Å². The summed E-state index contributed by atoms with van der Waals surface area (Å²) in [5, 5.41) is 19.9. The zero-order valence-electron chi connectivity index (χ0n) is 10.7. The number of hydrogen-bond acceptors (Lipinski definition) is 6. The quantitative estimate of drug-likeness (QED) is 0.615. The molecule has 19 heavy (non-hydrogen) atoms. The Kier molecular flexibility index (Phi) is 4.16. The second-order valence-electron chi connectivity index (χ2n) is 4.69. The lowest BCUT2D eigenvalue weighted by molar-refractivity contribution is -0.384. The van der Waals surface area contributed by atoms with E-state index in [0.29, 0.717) is 18.4 Å². The molecule has 0 unspecified atom stereocenters. The molecule has 7 heteroatoms. The largest absolute Gasteiger partial charge is 0.395 e. The van der Waals surface area contributed by atoms with Gasteiger partial charge in [-0.25, -0.2) is 4.98 Å². The average molecular weight is 266 g/mol. The molecule has 0 spiro atoms. The number of anilines is 2. The van der Waals surface area contributed by atoms with Gasteiger partial charge in [-0.1, -0.05) is 12.8 Å². The summed E-state index contributed by atoms with van der Waals surface area (Å²) in [6, 6.07) is 3.31. The minimum absolute atomic E-state index is 0.0229. The Morgan fingerprint density at radius 3 is 2.68 bits per heavy atom. The van der Waals surface area contributed by atoms with Crippen LogP contribution in [0.1, 0.15) is 25.7 Å². The molecule has 0 bridgehead atoms. The molecule has 1 aromatic heterocycles. The van der Waals surface area contributed by atoms with Crippen molar-refractivity contribution in [3.05, 3.63) is 22.2 Å². The third kappa shape index (κ3) is 2.93. The SMILES string of the molecule is Nc1nc(N(CCO)C2CCCC2)ccc1[N+](=O)[O-]. The van der Waals surface area contributed by atoms with E-state index in [1.807, 2.05) is 4.90 Å². The molecule has 2 rings (SSSR count). The van der Waals surface area contributed by atoms with Gasteiger partial charge in [0.25, 0.3) is 0 Å². The van der Waals surface area contributed by atoms with Crippen LogP contribution in [-0.2, 0) is 0 Å². The molecule has 104 valence electrons. The van der Waals surface area contributed by atoms with E-state index in [1.165, 1.54) is 6.07 Å². The van der Waals surface area contributed by atoms with E-state index in [9.17, 15) is 10.1 Å². The van der Waals surface area contributed by atoms with Gasteiger partial charge in [0.2, 0.25) is 5.82 Å². The molecule has 0 aromatic carbocycles. The first kappa shape index (κ1) is 13.5. The number of nitro groups is 1. The highest BCUT2D eigenvalue weighted by Gasteiger charge is 2.24. The number of nitrogen functional groups attached to an aromatic ring is 1. The van der Waals surface area contributed by atoms with Crippen molar-refractivity contribution >= 4 is 17.3 Å². The van der Waals surface area contributed by atoms with Crippen LogP contribution in [0, 0.1) is 10.1 Å². The minimum atomic E-state index is -0.544. The summed E-state index contributed by atoms with van der Waals surface area (Å²) in [6.45, 7) is 0.490. The van der Waals surface area contributed by atoms with Crippen molar-refractivity contribution < 1.29 is 10.0 Å². The second-order valence-corrected chi connectivity index (χ2v) is 4.69. The normalized spacial score (nSPS) is 15.6. The van der Waals surface area contributed by atoms with Crippen molar-refractivity contribution in [2.75, 3.05) is 23.8 Å². The Hall–Kier alpha value is -1.89. The smallest absolute Gasteiger partial charge is 0.311 e. The van der Waals surface area contributed by atoms with E-state index in [4.69, 9.17) is 10.8 Å². The number of hydrogen-bond donors (Lipinski definition) is 2. The Balaban J connectivity index is 2.26. The molecule has 1 heterocycles. The van der Waals surface area contributed by atoms with Gasteiger partial charge >= 0.3 is 5.69 Å². The zero-order chi connectivity index (χ0) is 13.8. The zero-order valence-corrected chi connectivity index (χ0v) is 10.7. The number of aliphatic hydroxyl groups excluding tert-OH is 1. The topological polar surface area (TPSA) is 106 Å². The van der Waals surface area contributed by atoms with E-state index < -0.39 is 4.92 Å². The third-order valence-corrected chi connectivity index (χ3v) is 3.49. The van der Waals surface area contributed by atoms with Crippen molar-refractivity contribution in [2.24, 2.45) is 0 Å². The van der Waals surface area contributed by atoms with Gasteiger partial charge in [0.15, 0.2) is 0 Å². The Labute approximate surface area is 111 Å². The van der Waals surface area contributed by atoms with Crippen molar-refractivity contribution in [1.29, 1.82) is 0 Å². The first-order chi connectivity index (χ1) is 9.13. The summed E-state index contributed by atoms with van der Waals surface area (Å²) in [5.74, 6) is 0.521. The highest BCUT2D eigenvalue weighted by molar-refractivity contribution is 5.58. The fraction of sp³-hybridized carbons (Fsp3) is 0.583. The first-order valence-electron chi connectivity index (χ1n) is 6.42. The van der Waals surface area contributed by atoms with Crippen molar-refractivity contribution in [3.8, 4) is 0 Å². The number of rotatable bonds is 5. The van der Waals surface area contributed by atoms with E-state index in [-0.39, 0.29) is 18.1 Å². The molecule has 3 N–H and O–H groups in total. The predicted octanol–water partition coefficient (Wildman–Crippen LogP) is 1.31. The molecule has 0 atom stereocenters. The summed E-state index contributed by atoms with van der Waals surface area (Å²) in [4.78, 5) is 16.3. The lowest BCUT2D eigenvalue weighted by Gasteiger charge is -2.29. The highest BCUT2D eigenvalue weighted by atomic mass is 16.6. The van der Waals surface area contributed by atoms with Crippen LogP contribution < -0.4 is 10.6 Å². The van der Waals surface area contributed by atoms with Crippen LogP contribution in [0.5, 0.6) is 0 Å². The molecular weight excluding hydrogens is 248 g/mol. The highest BCUT2D eigenvalue weighted by Crippen LogP contribution is 2.29. The van der Waals surface area contributed by atoms with Crippen LogP contribution >= 0.6 is 0 Å². The maximum Gasteiger partial charge on any atom is 0.311 e. The monoisotopic (exact) mass is 266 g/mol. The molecule has 0 aliphatic heterocycles. The Morgan fingerprint density at radius 1 is 1.47 bits per heavy atom. The Morgan fingerprint density at radius 2 is 2.16 bits per heavy atom. The van der Waals surface area contributed by atoms with Crippen LogP contribution in [0.15, 0.2) is 12.1 Å². The van der Waals surface area contributed by atoms with Crippen molar-refractivity contribution in [1.82, 2.24) is 4.98 Å². The van der Waals surface area contributed by atoms with Gasteiger partial charge in [-0.05, 0) is 18.9 Å². The van der Waals surface area contributed by atoms with Gasteiger partial charge in [0.05, 0.1) is 11.5 Å². The van der Waals surface area contributed by atoms with E-state index in [1.54, 1.807) is 6.07 Å². The number of pyridine rings is 1. The summed E-state index contributed by atoms with van der Waals surface area (Å²) >= 11 is 0. The Bertz CT molecular complexity index is 460. The number of aliphatic hydroxyl groups is 1. The van der Waals surface area contributed by atoms with Gasteiger partial charge in [-0.2, -0.15) is 0 Å². The second kappa shape index (κ2) is 5.83. The number of nitrogens with zero attached hydrogens (tertiary/aromatic N) is 3. The number of nitrogens with two attached hydrogens (primary N) is 1. The lowest BCUT2D eigenvalue weighted by atomic mass is 10.2. The molecule has 1 aliphatic rings. The molecule has 1 aromatic rings. The molecule has 0 amide bonds. The van der Waals surface area contributed by atoms with Gasteiger partial charge in [-0.15, -0.1) is 0 Å². The molecule has 1 fully saturated rings. The minimum Gasteiger partial charge on any atom is -0.395 e. The van der Waals surface area contributed by atoms with Gasteiger partial charge in [-0.3, -0.25) is 10.1 Å². The molecular formula is C12H18N4O3. The van der Waals surface area contributed by atoms with Crippen LogP contribution in [0.3, 0.4) is 0 Å². The lowest BCUT2D eigenvalue weighted by Crippen LogP contribution is -2.36. The summed E-state index contributed by atoms with van der Waals surface area (Å²) < 4.78 is 0. The van der Waals surface area contributed by atoms with Crippen LogP contribution in [0.25, 0.3) is 0 Å². The molecule has 1 saturated carbocycles. The fourth-order valence-electron chi connectivity index (χ4n) is 2.58. The third-order valence-electron chi connectivity index (χ3n) is 3.49. The van der Waals surface area contributed by atoms with E-state index >= 15 is 0 Å². The molecule has 7 nitrogen and oxygen atoms in total. The number of aromatic nitrogens is 1. The summed E-state index contributed by atoms with van der Waals surface area (Å²) in [6.07, 6.45) is 4.43. The first-order valence-corrected chi connectivity index (χ1v) is 6.42. The summed E-state index contributed by atoms with van der Waals surface area (Å²) in [5.41, 5.74) is 5.43. The molecule has 0 saturated heterocycles. The molecule has 0 radical (unpaired) electrons. The molecule has 1 aliphatic carbocycles. The van der Waals surface area contributed by atoms with Gasteiger partial charge in [0, 0.05) is 18.7 Å². The van der Waals surface area contributed by atoms with Gasteiger partial charge < -0.3 is 15.7 Å². The van der Waals surface area contributed by atoms with Crippen molar-refractivity contribution in [2.45, 2.75) is 31.7 Å². The maximum absolute atomic E-state index is 10.7. The van der Waals surface area contributed by atoms with E-state index in [0.717, 1.165) is 25.7 Å². The summed E-state index contributed by atoms with van der Waals surface area (Å²) in [7, 11) is 0. The standard InChI is InChI=1S/C12H18N4O3/c13-12-10(16(18)19)5-6-11(14-12)15(7-8-17)9-3-1-2-4-9/h5-6,9,17H,1-4,7-8H2,(H2,13,14). The van der Waals surface area contributed by atoms with Crippen molar-refractivity contribution in [3.63, 3.8) is 0 Å². The van der Waals surface area contributed by atoms with E-state index in [2.05, 4.69) is 4.98 Å². The fourth-order valence-corrected chi connectivity index (χ4v) is 2.58. The van der Waals surface area contributed by atoms with Gasteiger partial charge in [0.1, 0.15) is 5.82 Å².